The van der Waals surface area contributed by atoms with Crippen LogP contribution < -0.4 is 10.6 Å². The Morgan fingerprint density at radius 2 is 1.87 bits per heavy atom. The first-order valence-corrected chi connectivity index (χ1v) is 7.53. The molecule has 1 aliphatic carbocycles. The van der Waals surface area contributed by atoms with Crippen LogP contribution in [0.2, 0.25) is 0 Å². The van der Waals surface area contributed by atoms with E-state index in [1.54, 1.807) is 6.33 Å². The number of carbonyl (C=O) groups excluding carboxylic acids is 1. The van der Waals surface area contributed by atoms with Gasteiger partial charge in [0.15, 0.2) is 17.0 Å². The van der Waals surface area contributed by atoms with Crippen LogP contribution in [0.15, 0.2) is 36.9 Å². The molecule has 0 bridgehead atoms. The summed E-state index contributed by atoms with van der Waals surface area (Å²) < 4.78 is 2.11. The average molecular weight is 308 g/mol. The van der Waals surface area contributed by atoms with Gasteiger partial charge in [-0.3, -0.25) is 4.79 Å². The molecule has 0 aliphatic heterocycles. The van der Waals surface area contributed by atoms with E-state index in [9.17, 15) is 4.79 Å². The lowest BCUT2D eigenvalue weighted by Crippen LogP contribution is -2.05. The van der Waals surface area contributed by atoms with Crippen molar-refractivity contribution in [3.8, 4) is 0 Å². The molecule has 1 fully saturated rings. The standard InChI is InChI=1S/C16H16N6O/c1-10(23)20-11-2-4-12(5-3-11)21-15-14-16(18-8-17-15)22(9-19-14)13-6-7-13/h2-5,8-9,13H,6-7H2,1H3,(H,20,23)(H,17,18,21). The summed E-state index contributed by atoms with van der Waals surface area (Å²) in [5.41, 5.74) is 3.26. The Hall–Kier alpha value is -2.96. The third kappa shape index (κ3) is 2.73. The maximum absolute atomic E-state index is 11.0. The minimum Gasteiger partial charge on any atom is -0.338 e. The number of fused-ring (bicyclic) bond motifs is 1. The minimum atomic E-state index is -0.0890. The van der Waals surface area contributed by atoms with Crippen molar-refractivity contribution in [1.29, 1.82) is 0 Å². The summed E-state index contributed by atoms with van der Waals surface area (Å²) in [4.78, 5) is 24.1. The van der Waals surface area contributed by atoms with Crippen molar-refractivity contribution < 1.29 is 4.79 Å². The van der Waals surface area contributed by atoms with Crippen LogP contribution in [0.25, 0.3) is 11.2 Å². The van der Waals surface area contributed by atoms with Crippen molar-refractivity contribution in [3.63, 3.8) is 0 Å². The normalized spacial score (nSPS) is 14.0. The second kappa shape index (κ2) is 5.35. The van der Waals surface area contributed by atoms with Crippen LogP contribution in [0.3, 0.4) is 0 Å². The molecular weight excluding hydrogens is 292 g/mol. The zero-order valence-electron chi connectivity index (χ0n) is 12.7. The Labute approximate surface area is 132 Å². The van der Waals surface area contributed by atoms with Gasteiger partial charge in [-0.25, -0.2) is 15.0 Å². The summed E-state index contributed by atoms with van der Waals surface area (Å²) in [6.07, 6.45) is 5.75. The lowest BCUT2D eigenvalue weighted by Gasteiger charge is -2.08. The number of amides is 1. The number of nitrogens with zero attached hydrogens (tertiary/aromatic N) is 4. The highest BCUT2D eigenvalue weighted by Gasteiger charge is 2.26. The summed E-state index contributed by atoms with van der Waals surface area (Å²) >= 11 is 0. The fraction of sp³-hybridized carbons (Fsp3) is 0.250. The van der Waals surface area contributed by atoms with E-state index in [0.717, 1.165) is 22.5 Å². The number of nitrogens with one attached hydrogen (secondary N) is 2. The van der Waals surface area contributed by atoms with Crippen LogP contribution in [-0.4, -0.2) is 25.4 Å². The predicted octanol–water partition coefficient (Wildman–Crippen LogP) is 2.86. The van der Waals surface area contributed by atoms with Gasteiger partial charge in [-0.1, -0.05) is 0 Å². The molecular formula is C16H16N6O. The topological polar surface area (TPSA) is 84.7 Å². The lowest BCUT2D eigenvalue weighted by atomic mass is 10.2. The van der Waals surface area contributed by atoms with Crippen LogP contribution in [0, 0.1) is 0 Å². The van der Waals surface area contributed by atoms with Gasteiger partial charge in [0, 0.05) is 24.3 Å². The average Bonchev–Trinajstić information content (AvgIpc) is 3.28. The lowest BCUT2D eigenvalue weighted by molar-refractivity contribution is -0.114. The van der Waals surface area contributed by atoms with E-state index in [1.807, 2.05) is 30.6 Å². The van der Waals surface area contributed by atoms with Crippen molar-refractivity contribution in [2.45, 2.75) is 25.8 Å². The van der Waals surface area contributed by atoms with E-state index in [-0.39, 0.29) is 5.91 Å². The first-order chi connectivity index (χ1) is 11.2. The number of aromatic nitrogens is 4. The van der Waals surface area contributed by atoms with E-state index in [4.69, 9.17) is 0 Å². The molecule has 1 saturated carbocycles. The SMILES string of the molecule is CC(=O)Nc1ccc(Nc2ncnc3c2ncn3C2CC2)cc1. The summed E-state index contributed by atoms with van der Waals surface area (Å²) in [5, 5.41) is 6.00. The Morgan fingerprint density at radius 3 is 2.57 bits per heavy atom. The van der Waals surface area contributed by atoms with Gasteiger partial charge < -0.3 is 15.2 Å². The molecule has 7 heteroatoms. The molecule has 2 N–H and O–H groups in total. The second-order valence-electron chi connectivity index (χ2n) is 5.66. The molecule has 0 radical (unpaired) electrons. The zero-order valence-corrected chi connectivity index (χ0v) is 12.7. The highest BCUT2D eigenvalue weighted by Crippen LogP contribution is 2.37. The molecule has 3 aromatic rings. The largest absolute Gasteiger partial charge is 0.338 e. The minimum absolute atomic E-state index is 0.0890. The summed E-state index contributed by atoms with van der Waals surface area (Å²) in [6.45, 7) is 1.49. The summed E-state index contributed by atoms with van der Waals surface area (Å²) in [6, 6.07) is 7.98. The first-order valence-electron chi connectivity index (χ1n) is 7.53. The van der Waals surface area contributed by atoms with Gasteiger partial charge in [-0.15, -0.1) is 0 Å². The van der Waals surface area contributed by atoms with Crippen molar-refractivity contribution in [2.24, 2.45) is 0 Å². The molecule has 1 amide bonds. The van der Waals surface area contributed by atoms with Gasteiger partial charge in [0.05, 0.1) is 6.33 Å². The number of hydrogen-bond acceptors (Lipinski definition) is 5. The van der Waals surface area contributed by atoms with Gasteiger partial charge >= 0.3 is 0 Å². The van der Waals surface area contributed by atoms with Gasteiger partial charge in [0.2, 0.25) is 5.91 Å². The van der Waals surface area contributed by atoms with E-state index >= 15 is 0 Å². The van der Waals surface area contributed by atoms with Gasteiger partial charge in [0.1, 0.15) is 6.33 Å². The second-order valence-corrected chi connectivity index (χ2v) is 5.66. The van der Waals surface area contributed by atoms with Gasteiger partial charge in [0.25, 0.3) is 0 Å². The molecule has 1 aliphatic rings. The van der Waals surface area contributed by atoms with Gasteiger partial charge in [-0.2, -0.15) is 0 Å². The fourth-order valence-electron chi connectivity index (χ4n) is 2.54. The van der Waals surface area contributed by atoms with Crippen LogP contribution in [0.4, 0.5) is 17.2 Å². The van der Waals surface area contributed by atoms with Gasteiger partial charge in [-0.05, 0) is 37.1 Å². The number of rotatable bonds is 4. The highest BCUT2D eigenvalue weighted by atomic mass is 16.1. The molecule has 0 spiro atoms. The summed E-state index contributed by atoms with van der Waals surface area (Å²) in [5.74, 6) is 0.593. The van der Waals surface area contributed by atoms with Crippen molar-refractivity contribution >= 4 is 34.3 Å². The number of imidazole rings is 1. The third-order valence-corrected chi connectivity index (χ3v) is 3.77. The molecule has 1 aromatic carbocycles. The first kappa shape index (κ1) is 13.7. The van der Waals surface area contributed by atoms with E-state index < -0.39 is 0 Å². The zero-order chi connectivity index (χ0) is 15.8. The van der Waals surface area contributed by atoms with E-state index in [2.05, 4.69) is 30.2 Å². The third-order valence-electron chi connectivity index (χ3n) is 3.77. The maximum Gasteiger partial charge on any atom is 0.221 e. The summed E-state index contributed by atoms with van der Waals surface area (Å²) in [7, 11) is 0. The number of carbonyl (C=O) groups is 1. The number of hydrogen-bond donors (Lipinski definition) is 2. The van der Waals surface area contributed by atoms with E-state index in [0.29, 0.717) is 11.9 Å². The Bertz CT molecular complexity index is 866. The molecule has 2 aromatic heterocycles. The molecule has 4 rings (SSSR count). The van der Waals surface area contributed by atoms with Crippen LogP contribution >= 0.6 is 0 Å². The van der Waals surface area contributed by atoms with Crippen molar-refractivity contribution in [3.05, 3.63) is 36.9 Å². The molecule has 0 atom stereocenters. The predicted molar refractivity (Wildman–Crippen MR) is 87.6 cm³/mol. The quantitative estimate of drug-likeness (QED) is 0.774. The molecule has 116 valence electrons. The molecule has 7 nitrogen and oxygen atoms in total. The van der Waals surface area contributed by atoms with Crippen LogP contribution in [-0.2, 0) is 4.79 Å². The Balaban J connectivity index is 1.61. The van der Waals surface area contributed by atoms with Crippen molar-refractivity contribution in [2.75, 3.05) is 10.6 Å². The Kier molecular flexibility index (Phi) is 3.18. The van der Waals surface area contributed by atoms with E-state index in [1.165, 1.54) is 19.8 Å². The monoisotopic (exact) mass is 308 g/mol. The van der Waals surface area contributed by atoms with Crippen molar-refractivity contribution in [1.82, 2.24) is 19.5 Å². The molecule has 23 heavy (non-hydrogen) atoms. The number of anilines is 3. The van der Waals surface area contributed by atoms with Crippen LogP contribution in [0.5, 0.6) is 0 Å². The molecule has 0 saturated heterocycles. The smallest absolute Gasteiger partial charge is 0.221 e. The Morgan fingerprint density at radius 1 is 1.13 bits per heavy atom. The molecule has 2 heterocycles. The fourth-order valence-corrected chi connectivity index (χ4v) is 2.54. The van der Waals surface area contributed by atoms with Crippen LogP contribution in [0.1, 0.15) is 25.8 Å². The highest BCUT2D eigenvalue weighted by molar-refractivity contribution is 5.89. The number of benzene rings is 1. The molecule has 0 unspecified atom stereocenters. The maximum atomic E-state index is 11.0.